The molecule has 1 aliphatic rings. The largest absolute Gasteiger partial charge is 0.383 e. The maximum atomic E-state index is 5.64. The predicted molar refractivity (Wildman–Crippen MR) is 64.8 cm³/mol. The Bertz CT molecular complexity index is 321. The van der Waals surface area contributed by atoms with Crippen molar-refractivity contribution in [3.8, 4) is 0 Å². The minimum atomic E-state index is 0.363. The summed E-state index contributed by atoms with van der Waals surface area (Å²) in [6.45, 7) is 4.25. The van der Waals surface area contributed by atoms with Crippen molar-refractivity contribution in [2.24, 2.45) is 0 Å². The average molecular weight is 239 g/mol. The lowest BCUT2D eigenvalue weighted by Gasteiger charge is -2.13. The summed E-state index contributed by atoms with van der Waals surface area (Å²) >= 11 is 0. The molecule has 5 heteroatoms. The molecule has 0 aromatic carbocycles. The van der Waals surface area contributed by atoms with Crippen molar-refractivity contribution in [3.05, 3.63) is 18.2 Å². The number of methoxy groups -OCH3 is 1. The zero-order chi connectivity index (χ0) is 11.9. The van der Waals surface area contributed by atoms with Gasteiger partial charge < -0.3 is 19.4 Å². The molecule has 1 atom stereocenters. The highest BCUT2D eigenvalue weighted by Crippen LogP contribution is 2.14. The summed E-state index contributed by atoms with van der Waals surface area (Å²) in [5, 5.41) is 3.33. The van der Waals surface area contributed by atoms with Crippen molar-refractivity contribution in [2.45, 2.75) is 32.0 Å². The van der Waals surface area contributed by atoms with Gasteiger partial charge in [0, 0.05) is 33.0 Å². The first-order valence-electron chi connectivity index (χ1n) is 6.20. The second kappa shape index (κ2) is 6.74. The van der Waals surface area contributed by atoms with Crippen LogP contribution in [0.4, 0.5) is 0 Å². The molecule has 96 valence electrons. The van der Waals surface area contributed by atoms with Crippen molar-refractivity contribution in [1.29, 1.82) is 0 Å². The maximum absolute atomic E-state index is 5.64. The van der Waals surface area contributed by atoms with Crippen molar-refractivity contribution < 1.29 is 9.47 Å². The van der Waals surface area contributed by atoms with Crippen LogP contribution in [0.1, 0.15) is 18.5 Å². The van der Waals surface area contributed by atoms with Gasteiger partial charge in [-0.15, -0.1) is 0 Å². The number of nitrogens with one attached hydrogen (secondary N) is 1. The van der Waals surface area contributed by atoms with E-state index in [0.717, 1.165) is 39.3 Å². The highest BCUT2D eigenvalue weighted by molar-refractivity contribution is 4.98. The van der Waals surface area contributed by atoms with Crippen molar-refractivity contribution in [1.82, 2.24) is 14.9 Å². The molecule has 1 aliphatic heterocycles. The van der Waals surface area contributed by atoms with Gasteiger partial charge in [0.25, 0.3) is 0 Å². The Balaban J connectivity index is 1.79. The lowest BCUT2D eigenvalue weighted by molar-refractivity contribution is 0.0962. The van der Waals surface area contributed by atoms with Crippen LogP contribution in [0.5, 0.6) is 0 Å². The van der Waals surface area contributed by atoms with Gasteiger partial charge in [-0.2, -0.15) is 0 Å². The van der Waals surface area contributed by atoms with E-state index in [9.17, 15) is 0 Å². The average Bonchev–Trinajstić information content (AvgIpc) is 2.97. The van der Waals surface area contributed by atoms with Crippen molar-refractivity contribution >= 4 is 0 Å². The first-order valence-corrected chi connectivity index (χ1v) is 6.20. The van der Waals surface area contributed by atoms with Gasteiger partial charge in [-0.3, -0.25) is 0 Å². The molecule has 0 spiro atoms. The number of hydrogen-bond donors (Lipinski definition) is 1. The number of imidazole rings is 1. The fraction of sp³-hybridized carbons (Fsp3) is 0.750. The van der Waals surface area contributed by atoms with Gasteiger partial charge in [0.05, 0.1) is 31.3 Å². The molecule has 0 aliphatic carbocycles. The van der Waals surface area contributed by atoms with E-state index in [0.29, 0.717) is 6.10 Å². The van der Waals surface area contributed by atoms with Crippen molar-refractivity contribution in [3.63, 3.8) is 0 Å². The summed E-state index contributed by atoms with van der Waals surface area (Å²) in [7, 11) is 1.71. The van der Waals surface area contributed by atoms with E-state index in [2.05, 4.69) is 14.9 Å². The first kappa shape index (κ1) is 12.5. The van der Waals surface area contributed by atoms with E-state index in [4.69, 9.17) is 9.47 Å². The Hall–Kier alpha value is -0.910. The predicted octanol–water partition coefficient (Wildman–Crippen LogP) is 0.798. The number of ether oxygens (including phenoxy) is 2. The van der Waals surface area contributed by atoms with Crippen LogP contribution in [-0.4, -0.2) is 42.5 Å². The van der Waals surface area contributed by atoms with Crippen LogP contribution >= 0.6 is 0 Å². The first-order chi connectivity index (χ1) is 8.40. The molecule has 0 radical (unpaired) electrons. The van der Waals surface area contributed by atoms with Gasteiger partial charge in [0.1, 0.15) is 0 Å². The van der Waals surface area contributed by atoms with E-state index < -0.39 is 0 Å². The molecule has 1 aromatic heterocycles. The van der Waals surface area contributed by atoms with Crippen molar-refractivity contribution in [2.75, 3.05) is 26.9 Å². The molecule has 1 fully saturated rings. The van der Waals surface area contributed by atoms with E-state index in [1.165, 1.54) is 12.1 Å². The van der Waals surface area contributed by atoms with Gasteiger partial charge in [-0.1, -0.05) is 0 Å². The quantitative estimate of drug-likeness (QED) is 0.715. The van der Waals surface area contributed by atoms with E-state index >= 15 is 0 Å². The minimum Gasteiger partial charge on any atom is -0.383 e. The second-order valence-electron chi connectivity index (χ2n) is 4.34. The molecule has 5 nitrogen and oxygen atoms in total. The van der Waals surface area contributed by atoms with Crippen LogP contribution in [0.25, 0.3) is 0 Å². The Morgan fingerprint density at radius 3 is 3.35 bits per heavy atom. The van der Waals surface area contributed by atoms with Crippen LogP contribution in [0, 0.1) is 0 Å². The molecule has 1 N–H and O–H groups in total. The summed E-state index contributed by atoms with van der Waals surface area (Å²) in [6.07, 6.45) is 6.50. The molecule has 0 bridgehead atoms. The molecule has 1 saturated heterocycles. The topological polar surface area (TPSA) is 48.3 Å². The molecular formula is C12H21N3O2. The van der Waals surface area contributed by atoms with E-state index in [-0.39, 0.29) is 0 Å². The van der Waals surface area contributed by atoms with Crippen LogP contribution in [0.2, 0.25) is 0 Å². The molecule has 2 rings (SSSR count). The number of hydrogen-bond acceptors (Lipinski definition) is 4. The van der Waals surface area contributed by atoms with Crippen LogP contribution in [-0.2, 0) is 22.6 Å². The monoisotopic (exact) mass is 239 g/mol. The summed E-state index contributed by atoms with van der Waals surface area (Å²) in [4.78, 5) is 4.20. The zero-order valence-corrected chi connectivity index (χ0v) is 10.4. The van der Waals surface area contributed by atoms with E-state index in [1.807, 2.05) is 12.5 Å². The minimum absolute atomic E-state index is 0.363. The van der Waals surface area contributed by atoms with Gasteiger partial charge >= 0.3 is 0 Å². The molecule has 2 heterocycles. The second-order valence-corrected chi connectivity index (χ2v) is 4.34. The fourth-order valence-electron chi connectivity index (χ4n) is 2.06. The zero-order valence-electron chi connectivity index (χ0n) is 10.4. The summed E-state index contributed by atoms with van der Waals surface area (Å²) in [5.74, 6) is 0. The standard InChI is InChI=1S/C12H21N3O2/c1-16-6-4-13-7-11-8-14-10-15(11)9-12-3-2-5-17-12/h8,10,12-13H,2-7,9H2,1H3. The highest BCUT2D eigenvalue weighted by Gasteiger charge is 2.16. The third-order valence-corrected chi connectivity index (χ3v) is 3.01. The summed E-state index contributed by atoms with van der Waals surface area (Å²) < 4.78 is 12.8. The molecule has 17 heavy (non-hydrogen) atoms. The Labute approximate surface area is 102 Å². The van der Waals surface area contributed by atoms with Gasteiger partial charge in [-0.05, 0) is 12.8 Å². The number of rotatable bonds is 7. The van der Waals surface area contributed by atoms with Crippen LogP contribution in [0.15, 0.2) is 12.5 Å². The van der Waals surface area contributed by atoms with Gasteiger partial charge in [0.2, 0.25) is 0 Å². The molecule has 1 unspecified atom stereocenters. The highest BCUT2D eigenvalue weighted by atomic mass is 16.5. The molecule has 0 saturated carbocycles. The normalized spacial score (nSPS) is 19.9. The maximum Gasteiger partial charge on any atom is 0.0949 e. The van der Waals surface area contributed by atoms with Crippen LogP contribution < -0.4 is 5.32 Å². The SMILES string of the molecule is COCCNCc1cncn1CC1CCCO1. The lowest BCUT2D eigenvalue weighted by atomic mass is 10.2. The molecular weight excluding hydrogens is 218 g/mol. The van der Waals surface area contributed by atoms with Gasteiger partial charge in [-0.25, -0.2) is 4.98 Å². The number of nitrogens with zero attached hydrogens (tertiary/aromatic N) is 2. The van der Waals surface area contributed by atoms with Gasteiger partial charge in [0.15, 0.2) is 0 Å². The van der Waals surface area contributed by atoms with Crippen LogP contribution in [0.3, 0.4) is 0 Å². The third-order valence-electron chi connectivity index (χ3n) is 3.01. The summed E-state index contributed by atoms with van der Waals surface area (Å²) in [6, 6.07) is 0. The third kappa shape index (κ3) is 3.80. The summed E-state index contributed by atoms with van der Waals surface area (Å²) in [5.41, 5.74) is 1.21. The Kier molecular flexibility index (Phi) is 4.97. The van der Waals surface area contributed by atoms with E-state index in [1.54, 1.807) is 7.11 Å². The molecule has 0 amide bonds. The Morgan fingerprint density at radius 2 is 2.59 bits per heavy atom. The fourth-order valence-corrected chi connectivity index (χ4v) is 2.06. The number of aromatic nitrogens is 2. The Morgan fingerprint density at radius 1 is 1.65 bits per heavy atom. The smallest absolute Gasteiger partial charge is 0.0949 e. The lowest BCUT2D eigenvalue weighted by Crippen LogP contribution is -2.22. The molecule has 1 aromatic rings.